The standard InChI is InChI=1S/C17H27FN2O/c1-11(2)20-9-12(3)16(10-20)19-13(4)17(21)14-5-7-15(18)8-6-14/h5-8,11-13,16-17,19,21H,9-10H2,1-4H3/t12-,13+,16+,17-/m1/s1. The van der Waals surface area contributed by atoms with Crippen LogP contribution in [0, 0.1) is 11.7 Å². The lowest BCUT2D eigenvalue weighted by molar-refractivity contribution is 0.126. The molecule has 1 aromatic rings. The molecule has 1 saturated heterocycles. The topological polar surface area (TPSA) is 35.5 Å². The molecule has 0 spiro atoms. The number of hydrogen-bond donors (Lipinski definition) is 2. The summed E-state index contributed by atoms with van der Waals surface area (Å²) in [5.74, 6) is 0.291. The Morgan fingerprint density at radius 1 is 1.19 bits per heavy atom. The van der Waals surface area contributed by atoms with E-state index in [0.29, 0.717) is 18.0 Å². The van der Waals surface area contributed by atoms with E-state index in [2.05, 4.69) is 31.0 Å². The summed E-state index contributed by atoms with van der Waals surface area (Å²) < 4.78 is 12.9. The summed E-state index contributed by atoms with van der Waals surface area (Å²) in [5.41, 5.74) is 0.753. The fourth-order valence-electron chi connectivity index (χ4n) is 3.02. The third-order valence-electron chi connectivity index (χ3n) is 4.53. The summed E-state index contributed by atoms with van der Waals surface area (Å²) in [6.07, 6.45) is -0.620. The molecule has 2 rings (SSSR count). The molecule has 3 nitrogen and oxygen atoms in total. The molecule has 21 heavy (non-hydrogen) atoms. The van der Waals surface area contributed by atoms with Crippen LogP contribution in [-0.2, 0) is 0 Å². The number of aliphatic hydroxyl groups is 1. The van der Waals surface area contributed by atoms with Crippen molar-refractivity contribution in [1.29, 1.82) is 0 Å². The molecule has 118 valence electrons. The molecule has 4 heteroatoms. The van der Waals surface area contributed by atoms with Gasteiger partial charge in [0.15, 0.2) is 0 Å². The largest absolute Gasteiger partial charge is 0.387 e. The zero-order valence-corrected chi connectivity index (χ0v) is 13.4. The Morgan fingerprint density at radius 3 is 2.33 bits per heavy atom. The van der Waals surface area contributed by atoms with Crippen molar-refractivity contribution in [1.82, 2.24) is 10.2 Å². The maximum absolute atomic E-state index is 12.9. The summed E-state index contributed by atoms with van der Waals surface area (Å²) >= 11 is 0. The first kappa shape index (κ1) is 16.4. The first-order valence-electron chi connectivity index (χ1n) is 7.82. The lowest BCUT2D eigenvalue weighted by Crippen LogP contribution is -2.44. The zero-order chi connectivity index (χ0) is 15.6. The molecular weight excluding hydrogens is 267 g/mol. The van der Waals surface area contributed by atoms with E-state index < -0.39 is 6.10 Å². The molecular formula is C17H27FN2O. The molecule has 1 fully saturated rings. The van der Waals surface area contributed by atoms with Gasteiger partial charge in [0, 0.05) is 31.2 Å². The third-order valence-corrected chi connectivity index (χ3v) is 4.53. The van der Waals surface area contributed by atoms with Crippen molar-refractivity contribution in [2.24, 2.45) is 5.92 Å². The molecule has 0 aromatic heterocycles. The van der Waals surface area contributed by atoms with Gasteiger partial charge in [-0.25, -0.2) is 4.39 Å². The second kappa shape index (κ2) is 6.86. The van der Waals surface area contributed by atoms with Crippen LogP contribution in [0.25, 0.3) is 0 Å². The molecule has 0 radical (unpaired) electrons. The fourth-order valence-corrected chi connectivity index (χ4v) is 3.02. The van der Waals surface area contributed by atoms with E-state index in [1.165, 1.54) is 12.1 Å². The van der Waals surface area contributed by atoms with Crippen LogP contribution in [0.5, 0.6) is 0 Å². The molecule has 1 aliphatic rings. The minimum absolute atomic E-state index is 0.0602. The minimum atomic E-state index is -0.620. The second-order valence-electron chi connectivity index (χ2n) is 6.58. The Hall–Kier alpha value is -0.970. The van der Waals surface area contributed by atoms with Crippen LogP contribution in [0.15, 0.2) is 24.3 Å². The Kier molecular flexibility index (Phi) is 5.36. The number of aliphatic hydroxyl groups excluding tert-OH is 1. The molecule has 2 N–H and O–H groups in total. The van der Waals surface area contributed by atoms with Gasteiger partial charge in [0.05, 0.1) is 6.10 Å². The van der Waals surface area contributed by atoms with Gasteiger partial charge in [-0.1, -0.05) is 19.1 Å². The predicted molar refractivity (Wildman–Crippen MR) is 83.6 cm³/mol. The summed E-state index contributed by atoms with van der Waals surface area (Å²) in [7, 11) is 0. The quantitative estimate of drug-likeness (QED) is 0.876. The number of benzene rings is 1. The summed E-state index contributed by atoms with van der Waals surface area (Å²) in [6, 6.07) is 6.96. The average Bonchev–Trinajstić information content (AvgIpc) is 2.80. The van der Waals surface area contributed by atoms with Crippen molar-refractivity contribution in [2.45, 2.75) is 51.9 Å². The summed E-state index contributed by atoms with van der Waals surface area (Å²) in [4.78, 5) is 2.46. The van der Waals surface area contributed by atoms with Crippen LogP contribution < -0.4 is 5.32 Å². The molecule has 1 aromatic carbocycles. The Labute approximate surface area is 127 Å². The fraction of sp³-hybridized carbons (Fsp3) is 0.647. The minimum Gasteiger partial charge on any atom is -0.387 e. The lowest BCUT2D eigenvalue weighted by Gasteiger charge is -2.27. The monoisotopic (exact) mass is 294 g/mol. The molecule has 0 bridgehead atoms. The van der Waals surface area contributed by atoms with Crippen LogP contribution in [0.3, 0.4) is 0 Å². The molecule has 0 saturated carbocycles. The normalized spacial score (nSPS) is 26.2. The molecule has 0 aliphatic carbocycles. The number of hydrogen-bond acceptors (Lipinski definition) is 3. The summed E-state index contributed by atoms with van der Waals surface area (Å²) in [5, 5.41) is 13.9. The molecule has 4 atom stereocenters. The highest BCUT2D eigenvalue weighted by molar-refractivity contribution is 5.19. The van der Waals surface area contributed by atoms with Crippen molar-refractivity contribution < 1.29 is 9.50 Å². The molecule has 0 unspecified atom stereocenters. The molecule has 0 amide bonds. The summed E-state index contributed by atoms with van der Waals surface area (Å²) in [6.45, 7) is 10.8. The van der Waals surface area contributed by atoms with Gasteiger partial charge in [-0.3, -0.25) is 4.90 Å². The molecule has 1 aliphatic heterocycles. The first-order valence-corrected chi connectivity index (χ1v) is 7.82. The Morgan fingerprint density at radius 2 is 1.81 bits per heavy atom. The second-order valence-corrected chi connectivity index (χ2v) is 6.58. The van der Waals surface area contributed by atoms with Crippen LogP contribution in [-0.4, -0.2) is 41.2 Å². The number of nitrogens with zero attached hydrogens (tertiary/aromatic N) is 1. The number of halogens is 1. The van der Waals surface area contributed by atoms with E-state index in [4.69, 9.17) is 0 Å². The van der Waals surface area contributed by atoms with Gasteiger partial charge in [0.1, 0.15) is 5.82 Å². The van der Waals surface area contributed by atoms with Gasteiger partial charge >= 0.3 is 0 Å². The number of rotatable bonds is 5. The number of likely N-dealkylation sites (tertiary alicyclic amines) is 1. The van der Waals surface area contributed by atoms with E-state index in [0.717, 1.165) is 18.7 Å². The van der Waals surface area contributed by atoms with Gasteiger partial charge in [0.25, 0.3) is 0 Å². The van der Waals surface area contributed by atoms with E-state index in [9.17, 15) is 9.50 Å². The van der Waals surface area contributed by atoms with Crippen molar-refractivity contribution in [2.75, 3.05) is 13.1 Å². The average molecular weight is 294 g/mol. The van der Waals surface area contributed by atoms with E-state index >= 15 is 0 Å². The van der Waals surface area contributed by atoms with Gasteiger partial charge in [-0.2, -0.15) is 0 Å². The lowest BCUT2D eigenvalue weighted by atomic mass is 10.0. The Bertz CT molecular complexity index is 449. The van der Waals surface area contributed by atoms with E-state index in [1.807, 2.05) is 6.92 Å². The highest BCUT2D eigenvalue weighted by atomic mass is 19.1. The van der Waals surface area contributed by atoms with Crippen molar-refractivity contribution in [3.63, 3.8) is 0 Å². The van der Waals surface area contributed by atoms with Crippen LogP contribution in [0.1, 0.15) is 39.4 Å². The highest BCUT2D eigenvalue weighted by Gasteiger charge is 2.32. The highest BCUT2D eigenvalue weighted by Crippen LogP contribution is 2.22. The van der Waals surface area contributed by atoms with Gasteiger partial charge < -0.3 is 10.4 Å². The molecule has 1 heterocycles. The van der Waals surface area contributed by atoms with Crippen LogP contribution in [0.4, 0.5) is 4.39 Å². The van der Waals surface area contributed by atoms with Crippen LogP contribution >= 0.6 is 0 Å². The maximum Gasteiger partial charge on any atom is 0.123 e. The van der Waals surface area contributed by atoms with E-state index in [1.54, 1.807) is 12.1 Å². The van der Waals surface area contributed by atoms with Gasteiger partial charge in [-0.15, -0.1) is 0 Å². The third kappa shape index (κ3) is 4.02. The predicted octanol–water partition coefficient (Wildman–Crippen LogP) is 2.57. The van der Waals surface area contributed by atoms with Crippen molar-refractivity contribution >= 4 is 0 Å². The SMILES string of the molecule is CC(C)N1C[C@@H](C)[C@@H](N[C@@H](C)[C@@H](O)c2ccc(F)cc2)C1. The maximum atomic E-state index is 12.9. The zero-order valence-electron chi connectivity index (χ0n) is 13.4. The van der Waals surface area contributed by atoms with E-state index in [-0.39, 0.29) is 11.9 Å². The van der Waals surface area contributed by atoms with Gasteiger partial charge in [0.2, 0.25) is 0 Å². The van der Waals surface area contributed by atoms with Crippen LogP contribution in [0.2, 0.25) is 0 Å². The van der Waals surface area contributed by atoms with Crippen molar-refractivity contribution in [3.05, 3.63) is 35.6 Å². The van der Waals surface area contributed by atoms with Crippen molar-refractivity contribution in [3.8, 4) is 0 Å². The first-order chi connectivity index (χ1) is 9.88. The Balaban J connectivity index is 1.94. The smallest absolute Gasteiger partial charge is 0.123 e. The number of nitrogens with one attached hydrogen (secondary N) is 1. The van der Waals surface area contributed by atoms with Gasteiger partial charge in [-0.05, 0) is 44.4 Å².